The Morgan fingerprint density at radius 2 is 2.04 bits per heavy atom. The smallest absolute Gasteiger partial charge is 0.276 e. The standard InChI is InChI=1S/C19H22N4O3/c1-12-18(13(2)22-21-12)14(3)23(4)19(24)16-10-26-17(20-16)11-25-15-8-6-5-7-9-15/h5-10,14H,11H2,1-4H3,(H,21,22). The number of benzene rings is 1. The predicted octanol–water partition coefficient (Wildman–Crippen LogP) is 3.43. The molecule has 3 aromatic rings. The van der Waals surface area contributed by atoms with Crippen molar-refractivity contribution in [2.75, 3.05) is 7.05 Å². The molecule has 0 saturated heterocycles. The van der Waals surface area contributed by atoms with E-state index in [1.54, 1.807) is 11.9 Å². The summed E-state index contributed by atoms with van der Waals surface area (Å²) in [6, 6.07) is 9.24. The predicted molar refractivity (Wildman–Crippen MR) is 95.8 cm³/mol. The van der Waals surface area contributed by atoms with Crippen LogP contribution >= 0.6 is 0 Å². The number of oxazole rings is 1. The Morgan fingerprint density at radius 3 is 2.69 bits per heavy atom. The van der Waals surface area contributed by atoms with Crippen LogP contribution in [0.5, 0.6) is 5.75 Å². The highest BCUT2D eigenvalue weighted by molar-refractivity contribution is 5.92. The monoisotopic (exact) mass is 354 g/mol. The van der Waals surface area contributed by atoms with Crippen molar-refractivity contribution in [1.82, 2.24) is 20.1 Å². The number of H-pyrrole nitrogens is 1. The van der Waals surface area contributed by atoms with Crippen LogP contribution in [0.3, 0.4) is 0 Å². The van der Waals surface area contributed by atoms with Crippen molar-refractivity contribution in [3.63, 3.8) is 0 Å². The van der Waals surface area contributed by atoms with Gasteiger partial charge in [-0.15, -0.1) is 0 Å². The number of nitrogens with zero attached hydrogens (tertiary/aromatic N) is 3. The van der Waals surface area contributed by atoms with Gasteiger partial charge in [0.05, 0.1) is 11.7 Å². The third-order valence-corrected chi connectivity index (χ3v) is 4.38. The molecule has 136 valence electrons. The van der Waals surface area contributed by atoms with Crippen LogP contribution in [-0.4, -0.2) is 33.0 Å². The van der Waals surface area contributed by atoms with Crippen LogP contribution in [0.2, 0.25) is 0 Å². The largest absolute Gasteiger partial charge is 0.484 e. The Kier molecular flexibility index (Phi) is 5.06. The Bertz CT molecular complexity index is 866. The number of aromatic amines is 1. The van der Waals surface area contributed by atoms with Crippen molar-refractivity contribution in [2.24, 2.45) is 0 Å². The number of para-hydroxylation sites is 1. The number of nitrogens with one attached hydrogen (secondary N) is 1. The number of aryl methyl sites for hydroxylation is 2. The first-order valence-electron chi connectivity index (χ1n) is 8.38. The molecule has 1 N–H and O–H groups in total. The molecule has 0 aliphatic rings. The Balaban J connectivity index is 1.67. The molecule has 7 heteroatoms. The molecule has 1 unspecified atom stereocenters. The molecular weight excluding hydrogens is 332 g/mol. The van der Waals surface area contributed by atoms with Gasteiger partial charge in [-0.05, 0) is 32.9 Å². The normalized spacial score (nSPS) is 12.0. The van der Waals surface area contributed by atoms with E-state index in [1.807, 2.05) is 51.1 Å². The Labute approximate surface area is 152 Å². The van der Waals surface area contributed by atoms with Gasteiger partial charge < -0.3 is 14.1 Å². The van der Waals surface area contributed by atoms with Crippen LogP contribution in [0.15, 0.2) is 41.0 Å². The van der Waals surface area contributed by atoms with Crippen molar-refractivity contribution in [2.45, 2.75) is 33.4 Å². The Hall–Kier alpha value is -3.09. The lowest BCUT2D eigenvalue weighted by Crippen LogP contribution is -2.30. The summed E-state index contributed by atoms with van der Waals surface area (Å²) in [5.74, 6) is 0.858. The van der Waals surface area contributed by atoms with Crippen LogP contribution in [-0.2, 0) is 6.61 Å². The fourth-order valence-corrected chi connectivity index (χ4v) is 2.86. The molecule has 1 amide bonds. The van der Waals surface area contributed by atoms with E-state index in [-0.39, 0.29) is 24.2 Å². The second-order valence-corrected chi connectivity index (χ2v) is 6.17. The quantitative estimate of drug-likeness (QED) is 0.733. The number of amides is 1. The van der Waals surface area contributed by atoms with Gasteiger partial charge in [0.15, 0.2) is 12.3 Å². The van der Waals surface area contributed by atoms with Gasteiger partial charge in [-0.3, -0.25) is 9.89 Å². The highest BCUT2D eigenvalue weighted by atomic mass is 16.5. The number of ether oxygens (including phenoxy) is 1. The fraction of sp³-hybridized carbons (Fsp3) is 0.316. The van der Waals surface area contributed by atoms with Crippen LogP contribution in [0.1, 0.15) is 46.3 Å². The van der Waals surface area contributed by atoms with E-state index >= 15 is 0 Å². The molecule has 7 nitrogen and oxygen atoms in total. The lowest BCUT2D eigenvalue weighted by Gasteiger charge is -2.24. The molecule has 3 rings (SSSR count). The lowest BCUT2D eigenvalue weighted by atomic mass is 10.1. The summed E-state index contributed by atoms with van der Waals surface area (Å²) in [4.78, 5) is 18.6. The molecule has 2 heterocycles. The molecule has 1 atom stereocenters. The summed E-state index contributed by atoms with van der Waals surface area (Å²) in [6.07, 6.45) is 1.37. The van der Waals surface area contributed by atoms with E-state index in [9.17, 15) is 4.79 Å². The molecule has 0 saturated carbocycles. The topological polar surface area (TPSA) is 84.2 Å². The van der Waals surface area contributed by atoms with Crippen LogP contribution < -0.4 is 4.74 Å². The second kappa shape index (κ2) is 7.43. The zero-order chi connectivity index (χ0) is 18.7. The van der Waals surface area contributed by atoms with Crippen molar-refractivity contribution in [3.8, 4) is 5.75 Å². The maximum absolute atomic E-state index is 12.7. The highest BCUT2D eigenvalue weighted by Crippen LogP contribution is 2.25. The lowest BCUT2D eigenvalue weighted by molar-refractivity contribution is 0.0736. The molecule has 0 aliphatic heterocycles. The van der Waals surface area contributed by atoms with Gasteiger partial charge in [0.25, 0.3) is 5.91 Å². The average Bonchev–Trinajstić information content (AvgIpc) is 3.26. The van der Waals surface area contributed by atoms with Gasteiger partial charge in [-0.25, -0.2) is 4.98 Å². The zero-order valence-electron chi connectivity index (χ0n) is 15.3. The van der Waals surface area contributed by atoms with Crippen molar-refractivity contribution >= 4 is 5.91 Å². The van der Waals surface area contributed by atoms with Crippen molar-refractivity contribution < 1.29 is 13.9 Å². The van der Waals surface area contributed by atoms with Gasteiger partial charge in [0.2, 0.25) is 5.89 Å². The molecule has 2 aromatic heterocycles. The summed E-state index contributed by atoms with van der Waals surface area (Å²) < 4.78 is 11.0. The third-order valence-electron chi connectivity index (χ3n) is 4.38. The molecule has 26 heavy (non-hydrogen) atoms. The van der Waals surface area contributed by atoms with E-state index in [2.05, 4.69) is 15.2 Å². The van der Waals surface area contributed by atoms with Crippen molar-refractivity contribution in [3.05, 3.63) is 65.1 Å². The molecular formula is C19H22N4O3. The number of carbonyl (C=O) groups is 1. The molecule has 1 aromatic carbocycles. The first-order valence-corrected chi connectivity index (χ1v) is 8.38. The number of rotatable bonds is 6. The molecule has 0 fully saturated rings. The van der Waals surface area contributed by atoms with E-state index < -0.39 is 0 Å². The van der Waals surface area contributed by atoms with Gasteiger partial charge >= 0.3 is 0 Å². The number of hydrogen-bond acceptors (Lipinski definition) is 5. The minimum Gasteiger partial charge on any atom is -0.484 e. The molecule has 0 bridgehead atoms. The fourth-order valence-electron chi connectivity index (χ4n) is 2.86. The van der Waals surface area contributed by atoms with E-state index in [0.29, 0.717) is 5.89 Å². The van der Waals surface area contributed by atoms with E-state index in [4.69, 9.17) is 9.15 Å². The highest BCUT2D eigenvalue weighted by Gasteiger charge is 2.25. The van der Waals surface area contributed by atoms with Crippen LogP contribution in [0.25, 0.3) is 0 Å². The average molecular weight is 354 g/mol. The minimum atomic E-state index is -0.216. The van der Waals surface area contributed by atoms with Gasteiger partial charge in [0.1, 0.15) is 12.0 Å². The summed E-state index contributed by atoms with van der Waals surface area (Å²) in [7, 11) is 1.74. The van der Waals surface area contributed by atoms with E-state index in [0.717, 1.165) is 22.7 Å². The Morgan fingerprint density at radius 1 is 1.31 bits per heavy atom. The zero-order valence-corrected chi connectivity index (χ0v) is 15.3. The van der Waals surface area contributed by atoms with Crippen LogP contribution in [0, 0.1) is 13.8 Å². The molecule has 0 radical (unpaired) electrons. The summed E-state index contributed by atoms with van der Waals surface area (Å²) in [5, 5.41) is 7.14. The third kappa shape index (κ3) is 3.61. The molecule has 0 spiro atoms. The number of aromatic nitrogens is 3. The minimum absolute atomic E-state index is 0.137. The SMILES string of the molecule is Cc1n[nH]c(C)c1C(C)N(C)C(=O)c1coc(COc2ccccc2)n1. The first kappa shape index (κ1) is 17.7. The molecule has 0 aliphatic carbocycles. The summed E-state index contributed by atoms with van der Waals surface area (Å²) in [5.41, 5.74) is 3.10. The summed E-state index contributed by atoms with van der Waals surface area (Å²) >= 11 is 0. The number of hydrogen-bond donors (Lipinski definition) is 1. The summed E-state index contributed by atoms with van der Waals surface area (Å²) in [6.45, 7) is 5.99. The van der Waals surface area contributed by atoms with Crippen molar-refractivity contribution in [1.29, 1.82) is 0 Å². The van der Waals surface area contributed by atoms with Gasteiger partial charge in [-0.1, -0.05) is 18.2 Å². The maximum atomic E-state index is 12.7. The number of carbonyl (C=O) groups excluding carboxylic acids is 1. The van der Waals surface area contributed by atoms with Crippen LogP contribution in [0.4, 0.5) is 0 Å². The van der Waals surface area contributed by atoms with Gasteiger partial charge in [0, 0.05) is 18.3 Å². The van der Waals surface area contributed by atoms with Gasteiger partial charge in [-0.2, -0.15) is 5.10 Å². The maximum Gasteiger partial charge on any atom is 0.276 e. The first-order chi connectivity index (χ1) is 12.5. The van der Waals surface area contributed by atoms with E-state index in [1.165, 1.54) is 6.26 Å². The second-order valence-electron chi connectivity index (χ2n) is 6.17.